The molecule has 0 fully saturated rings. The summed E-state index contributed by atoms with van der Waals surface area (Å²) in [4.78, 5) is 29.1. The number of hydrogen-bond donors (Lipinski definition) is 1. The number of rotatable bonds is 13. The lowest BCUT2D eigenvalue weighted by Crippen LogP contribution is -2.53. The third kappa shape index (κ3) is 8.04. The van der Waals surface area contributed by atoms with E-state index in [1.165, 1.54) is 29.2 Å². The molecule has 42 heavy (non-hydrogen) atoms. The minimum absolute atomic E-state index is 0.00108. The highest BCUT2D eigenvalue weighted by Crippen LogP contribution is 2.28. The number of amides is 2. The number of nitrogens with zero attached hydrogens (tertiary/aromatic N) is 2. The van der Waals surface area contributed by atoms with Gasteiger partial charge < -0.3 is 15.0 Å². The first-order chi connectivity index (χ1) is 19.9. The number of carbonyl (C=O) groups is 2. The van der Waals surface area contributed by atoms with E-state index in [4.69, 9.17) is 16.3 Å². The Labute approximate surface area is 254 Å². The van der Waals surface area contributed by atoms with Gasteiger partial charge in [-0.3, -0.25) is 13.9 Å². The zero-order valence-corrected chi connectivity index (χ0v) is 26.6. The third-order valence-electron chi connectivity index (χ3n) is 7.33. The Hall–Kier alpha value is -3.56. The molecule has 0 heterocycles. The summed E-state index contributed by atoms with van der Waals surface area (Å²) in [5, 5.41) is 3.38. The molecule has 0 aliphatic heterocycles. The van der Waals surface area contributed by atoms with Gasteiger partial charge in [-0.1, -0.05) is 43.6 Å². The van der Waals surface area contributed by atoms with Gasteiger partial charge in [-0.2, -0.15) is 0 Å². The van der Waals surface area contributed by atoms with Crippen molar-refractivity contribution < 1.29 is 22.7 Å². The number of aryl methyl sites for hydroxylation is 2. The van der Waals surface area contributed by atoms with Crippen molar-refractivity contribution in [2.75, 3.05) is 18.0 Å². The molecule has 0 aromatic heterocycles. The number of benzene rings is 3. The molecule has 0 saturated heterocycles. The van der Waals surface area contributed by atoms with Crippen LogP contribution in [0.4, 0.5) is 5.69 Å². The quantitative estimate of drug-likeness (QED) is 0.260. The highest BCUT2D eigenvalue weighted by atomic mass is 35.5. The Balaban J connectivity index is 2.09. The molecule has 3 aromatic carbocycles. The topological polar surface area (TPSA) is 96.0 Å². The summed E-state index contributed by atoms with van der Waals surface area (Å²) in [5.74, 6) is -0.194. The molecule has 0 spiro atoms. The molecule has 3 rings (SSSR count). The molecule has 0 aliphatic carbocycles. The van der Waals surface area contributed by atoms with Gasteiger partial charge in [0.1, 0.15) is 18.3 Å². The van der Waals surface area contributed by atoms with Gasteiger partial charge in [0.2, 0.25) is 11.8 Å². The van der Waals surface area contributed by atoms with Gasteiger partial charge in [0.25, 0.3) is 10.0 Å². The SMILES string of the molecule is CC[C@@H](C)NC(=O)[C@H](CC)N(Cc1cccc(OC)c1)C(=O)CN(c1ccc(C)c(C)c1)S(=O)(=O)c1ccc(Cl)cc1. The van der Waals surface area contributed by atoms with Gasteiger partial charge >= 0.3 is 0 Å². The molecule has 0 aliphatic rings. The van der Waals surface area contributed by atoms with Crippen LogP contribution >= 0.6 is 11.6 Å². The third-order valence-corrected chi connectivity index (χ3v) is 9.37. The van der Waals surface area contributed by atoms with E-state index in [1.807, 2.05) is 52.8 Å². The number of methoxy groups -OCH3 is 1. The van der Waals surface area contributed by atoms with Crippen LogP contribution in [0.1, 0.15) is 50.3 Å². The molecule has 226 valence electrons. The van der Waals surface area contributed by atoms with Crippen LogP contribution in [-0.2, 0) is 26.2 Å². The van der Waals surface area contributed by atoms with Crippen LogP contribution in [0.15, 0.2) is 71.6 Å². The summed E-state index contributed by atoms with van der Waals surface area (Å²) in [6.45, 7) is 9.09. The fourth-order valence-electron chi connectivity index (χ4n) is 4.47. The maximum Gasteiger partial charge on any atom is 0.264 e. The van der Waals surface area contributed by atoms with Gasteiger partial charge in [0.15, 0.2) is 0 Å². The standard InChI is InChI=1S/C32H40ClN3O5S/c1-7-24(5)34-32(38)30(8-2)35(20-25-10-9-11-28(19-25)41-6)31(37)21-36(27-15-12-22(3)23(4)18-27)42(39,40)29-16-13-26(33)14-17-29/h9-19,24,30H,7-8,20-21H2,1-6H3,(H,34,38)/t24-,30+/m1/s1. The largest absolute Gasteiger partial charge is 0.497 e. The average Bonchev–Trinajstić information content (AvgIpc) is 2.97. The Morgan fingerprint density at radius 1 is 0.952 bits per heavy atom. The van der Waals surface area contributed by atoms with Gasteiger partial charge in [-0.05, 0) is 98.8 Å². The summed E-state index contributed by atoms with van der Waals surface area (Å²) in [6, 6.07) is 17.4. The number of ether oxygens (including phenoxy) is 1. The number of halogens is 1. The molecule has 10 heteroatoms. The number of hydrogen-bond acceptors (Lipinski definition) is 5. The Morgan fingerprint density at radius 2 is 1.64 bits per heavy atom. The monoisotopic (exact) mass is 613 g/mol. The Bertz CT molecular complexity index is 1490. The summed E-state index contributed by atoms with van der Waals surface area (Å²) >= 11 is 6.03. The molecule has 3 aromatic rings. The van der Waals surface area contributed by atoms with Crippen LogP contribution in [-0.4, -0.2) is 50.9 Å². The van der Waals surface area contributed by atoms with E-state index in [0.717, 1.165) is 27.4 Å². The zero-order valence-electron chi connectivity index (χ0n) is 25.1. The van der Waals surface area contributed by atoms with Crippen molar-refractivity contribution in [3.63, 3.8) is 0 Å². The van der Waals surface area contributed by atoms with Crippen LogP contribution < -0.4 is 14.4 Å². The number of sulfonamides is 1. The molecule has 1 N–H and O–H groups in total. The molecule has 8 nitrogen and oxygen atoms in total. The number of carbonyl (C=O) groups excluding carboxylic acids is 2. The van der Waals surface area contributed by atoms with Gasteiger partial charge in [0, 0.05) is 17.6 Å². The Kier molecular flexibility index (Phi) is 11.4. The summed E-state index contributed by atoms with van der Waals surface area (Å²) in [6.07, 6.45) is 1.07. The zero-order chi connectivity index (χ0) is 31.0. The fraction of sp³-hybridized carbons (Fsp3) is 0.375. The molecular weight excluding hydrogens is 574 g/mol. The van der Waals surface area contributed by atoms with Gasteiger partial charge in [-0.25, -0.2) is 8.42 Å². The maximum absolute atomic E-state index is 14.2. The van der Waals surface area contributed by atoms with Crippen molar-refractivity contribution in [3.8, 4) is 5.75 Å². The summed E-state index contributed by atoms with van der Waals surface area (Å²) < 4.78 is 34.5. The van der Waals surface area contributed by atoms with Crippen LogP contribution in [0.5, 0.6) is 5.75 Å². The van der Waals surface area contributed by atoms with E-state index in [9.17, 15) is 18.0 Å². The van der Waals surface area contributed by atoms with E-state index >= 15 is 0 Å². The predicted octanol–water partition coefficient (Wildman–Crippen LogP) is 5.88. The Morgan fingerprint density at radius 3 is 2.24 bits per heavy atom. The van der Waals surface area contributed by atoms with E-state index in [2.05, 4.69) is 5.32 Å². The highest BCUT2D eigenvalue weighted by Gasteiger charge is 2.34. The van der Waals surface area contributed by atoms with E-state index in [1.54, 1.807) is 31.4 Å². The normalized spacial score (nSPS) is 12.7. The predicted molar refractivity (Wildman–Crippen MR) is 167 cm³/mol. The highest BCUT2D eigenvalue weighted by molar-refractivity contribution is 7.92. The first-order valence-electron chi connectivity index (χ1n) is 14.0. The van der Waals surface area contributed by atoms with Crippen molar-refractivity contribution in [2.45, 2.75) is 71.0 Å². The van der Waals surface area contributed by atoms with Crippen molar-refractivity contribution in [1.82, 2.24) is 10.2 Å². The number of anilines is 1. The minimum Gasteiger partial charge on any atom is -0.497 e. The molecule has 2 atom stereocenters. The van der Waals surface area contributed by atoms with Crippen molar-refractivity contribution in [1.29, 1.82) is 0 Å². The van der Waals surface area contributed by atoms with Crippen LogP contribution in [0.25, 0.3) is 0 Å². The molecule has 0 unspecified atom stereocenters. The second-order valence-corrected chi connectivity index (χ2v) is 12.6. The average molecular weight is 614 g/mol. The molecule has 2 amide bonds. The maximum atomic E-state index is 14.2. The lowest BCUT2D eigenvalue weighted by atomic mass is 10.1. The van der Waals surface area contributed by atoms with Crippen molar-refractivity contribution >= 4 is 39.1 Å². The second kappa shape index (κ2) is 14.6. The summed E-state index contributed by atoms with van der Waals surface area (Å²) in [5.41, 5.74) is 2.96. The smallest absolute Gasteiger partial charge is 0.264 e. The molecular formula is C32H40ClN3O5S. The summed E-state index contributed by atoms with van der Waals surface area (Å²) in [7, 11) is -2.63. The van der Waals surface area contributed by atoms with Crippen molar-refractivity contribution in [2.24, 2.45) is 0 Å². The minimum atomic E-state index is -4.18. The van der Waals surface area contributed by atoms with Crippen LogP contribution in [0.3, 0.4) is 0 Å². The fourth-order valence-corrected chi connectivity index (χ4v) is 6.00. The van der Waals surface area contributed by atoms with Gasteiger partial charge in [0.05, 0.1) is 17.7 Å². The lowest BCUT2D eigenvalue weighted by Gasteiger charge is -2.34. The van der Waals surface area contributed by atoms with E-state index < -0.39 is 28.5 Å². The first kappa shape index (κ1) is 32.9. The second-order valence-electron chi connectivity index (χ2n) is 10.3. The first-order valence-corrected chi connectivity index (χ1v) is 15.8. The molecule has 0 bridgehead atoms. The van der Waals surface area contributed by atoms with E-state index in [0.29, 0.717) is 22.9 Å². The van der Waals surface area contributed by atoms with E-state index in [-0.39, 0.29) is 23.4 Å². The molecule has 0 saturated carbocycles. The molecule has 0 radical (unpaired) electrons. The lowest BCUT2D eigenvalue weighted by molar-refractivity contribution is -0.140. The van der Waals surface area contributed by atoms with Crippen LogP contribution in [0, 0.1) is 13.8 Å². The van der Waals surface area contributed by atoms with Crippen LogP contribution in [0.2, 0.25) is 5.02 Å². The van der Waals surface area contributed by atoms with Crippen molar-refractivity contribution in [3.05, 3.63) is 88.4 Å². The van der Waals surface area contributed by atoms with Gasteiger partial charge in [-0.15, -0.1) is 0 Å². The number of nitrogens with one attached hydrogen (secondary N) is 1.